The van der Waals surface area contributed by atoms with Crippen LogP contribution >= 0.6 is 11.3 Å². The van der Waals surface area contributed by atoms with Crippen LogP contribution in [0.1, 0.15) is 38.8 Å². The number of hydrogen-bond donors (Lipinski definition) is 1. The third-order valence-corrected chi connectivity index (χ3v) is 11.1. The fraction of sp³-hybridized carbons (Fsp3) is 0.381. The molecule has 0 radical (unpaired) electrons. The maximum atomic E-state index is 6.52. The average Bonchev–Trinajstić information content (AvgIpc) is 3.00. The molecule has 3 aromatic rings. The van der Waals surface area contributed by atoms with Gasteiger partial charge in [0.15, 0.2) is 8.32 Å². The van der Waals surface area contributed by atoms with Gasteiger partial charge in [-0.3, -0.25) is 0 Å². The van der Waals surface area contributed by atoms with E-state index in [0.29, 0.717) is 0 Å². The molecule has 0 aliphatic heterocycles. The number of nitrogen functional groups attached to an aromatic ring is 1. The van der Waals surface area contributed by atoms with Crippen molar-refractivity contribution in [3.05, 3.63) is 47.5 Å². The van der Waals surface area contributed by atoms with Gasteiger partial charge >= 0.3 is 0 Å². The van der Waals surface area contributed by atoms with E-state index in [9.17, 15) is 0 Å². The monoisotopic (exact) mass is 384 g/mol. The summed E-state index contributed by atoms with van der Waals surface area (Å²) in [5.74, 6) is 0. The van der Waals surface area contributed by atoms with Crippen molar-refractivity contribution in [1.82, 2.24) is 4.98 Å². The van der Waals surface area contributed by atoms with Gasteiger partial charge in [-0.25, -0.2) is 4.98 Å². The van der Waals surface area contributed by atoms with Crippen molar-refractivity contribution < 1.29 is 4.43 Å². The van der Waals surface area contributed by atoms with Crippen LogP contribution in [0.3, 0.4) is 0 Å². The Morgan fingerprint density at radius 1 is 1.08 bits per heavy atom. The Kier molecular flexibility index (Phi) is 4.99. The quantitative estimate of drug-likeness (QED) is 0.406. The Morgan fingerprint density at radius 3 is 2.35 bits per heavy atom. The van der Waals surface area contributed by atoms with Crippen LogP contribution in [0.25, 0.3) is 21.3 Å². The molecule has 138 valence electrons. The third kappa shape index (κ3) is 3.56. The highest BCUT2D eigenvalue weighted by atomic mass is 32.1. The topological polar surface area (TPSA) is 48.1 Å². The number of thiazole rings is 1. The van der Waals surface area contributed by atoms with E-state index in [1.807, 2.05) is 18.2 Å². The van der Waals surface area contributed by atoms with Gasteiger partial charge in [-0.1, -0.05) is 57.2 Å². The number of hydrogen-bond acceptors (Lipinski definition) is 4. The highest BCUT2D eigenvalue weighted by molar-refractivity contribution is 7.18. The summed E-state index contributed by atoms with van der Waals surface area (Å²) < 4.78 is 7.63. The van der Waals surface area contributed by atoms with Crippen LogP contribution in [0.2, 0.25) is 18.1 Å². The van der Waals surface area contributed by atoms with Gasteiger partial charge < -0.3 is 10.2 Å². The van der Waals surface area contributed by atoms with Crippen molar-refractivity contribution in [2.45, 2.75) is 51.9 Å². The van der Waals surface area contributed by atoms with Gasteiger partial charge in [-0.2, -0.15) is 0 Å². The lowest BCUT2D eigenvalue weighted by Gasteiger charge is -2.38. The minimum atomic E-state index is -1.84. The van der Waals surface area contributed by atoms with Crippen LogP contribution in [0.15, 0.2) is 42.5 Å². The first-order chi connectivity index (χ1) is 12.1. The van der Waals surface area contributed by atoms with Crippen molar-refractivity contribution in [2.75, 3.05) is 5.73 Å². The molecule has 0 spiro atoms. The van der Waals surface area contributed by atoms with Crippen molar-refractivity contribution >= 4 is 35.6 Å². The lowest BCUT2D eigenvalue weighted by Crippen LogP contribution is -2.41. The van der Waals surface area contributed by atoms with Crippen LogP contribution in [-0.2, 0) is 4.43 Å². The molecule has 0 aliphatic rings. The zero-order valence-corrected chi connectivity index (χ0v) is 18.3. The van der Waals surface area contributed by atoms with Gasteiger partial charge in [0.25, 0.3) is 0 Å². The van der Waals surface area contributed by atoms with E-state index in [4.69, 9.17) is 15.1 Å². The van der Waals surface area contributed by atoms with E-state index in [1.54, 1.807) is 11.3 Å². The maximum absolute atomic E-state index is 6.52. The first-order valence-corrected chi connectivity index (χ1v) is 12.7. The molecule has 2 N–H and O–H groups in total. The van der Waals surface area contributed by atoms with Crippen LogP contribution in [0.5, 0.6) is 0 Å². The van der Waals surface area contributed by atoms with Crippen molar-refractivity contribution in [1.29, 1.82) is 0 Å². The van der Waals surface area contributed by atoms with Gasteiger partial charge in [-0.05, 0) is 36.7 Å². The van der Waals surface area contributed by atoms with E-state index in [0.717, 1.165) is 32.0 Å². The Hall–Kier alpha value is -1.69. The first-order valence-electron chi connectivity index (χ1n) is 9.02. The second-order valence-corrected chi connectivity index (χ2v) is 14.1. The largest absolute Gasteiger partial charge is 0.408 e. The number of nitrogens with two attached hydrogens (primary N) is 1. The molecule has 5 heteroatoms. The van der Waals surface area contributed by atoms with Crippen molar-refractivity contribution in [3.63, 3.8) is 0 Å². The van der Waals surface area contributed by atoms with Crippen LogP contribution in [0.4, 0.5) is 5.69 Å². The lowest BCUT2D eigenvalue weighted by atomic mass is 10.0. The molecule has 0 saturated carbocycles. The van der Waals surface area contributed by atoms with E-state index in [2.05, 4.69) is 65.1 Å². The molecule has 0 saturated heterocycles. The second kappa shape index (κ2) is 6.80. The minimum absolute atomic E-state index is 0.0205. The SMILES string of the molecule is CC(O[Si](C)(C)C(C)(C)C)c1nc2c(N)c(-c3ccccc3)ccc2s1. The number of rotatable bonds is 4. The number of nitrogens with zero attached hydrogens (tertiary/aromatic N) is 1. The predicted molar refractivity (Wildman–Crippen MR) is 116 cm³/mol. The fourth-order valence-corrected chi connectivity index (χ4v) is 5.14. The highest BCUT2D eigenvalue weighted by Gasteiger charge is 2.39. The van der Waals surface area contributed by atoms with Crippen molar-refractivity contribution in [2.24, 2.45) is 0 Å². The van der Waals surface area contributed by atoms with Gasteiger partial charge in [0.1, 0.15) is 10.5 Å². The molecular formula is C21H28N2OSSi. The number of fused-ring (bicyclic) bond motifs is 1. The third-order valence-electron chi connectivity index (χ3n) is 5.33. The highest BCUT2D eigenvalue weighted by Crippen LogP contribution is 2.42. The molecule has 3 nitrogen and oxygen atoms in total. The van der Waals surface area contributed by atoms with E-state index >= 15 is 0 Å². The summed E-state index contributed by atoms with van der Waals surface area (Å²) in [6.07, 6.45) is -0.0205. The summed E-state index contributed by atoms with van der Waals surface area (Å²) in [4.78, 5) is 4.86. The van der Waals surface area contributed by atoms with Crippen LogP contribution < -0.4 is 5.73 Å². The number of benzene rings is 2. The predicted octanol–water partition coefficient (Wildman–Crippen LogP) is 6.63. The molecule has 2 aromatic carbocycles. The first kappa shape index (κ1) is 19.1. The molecule has 0 aliphatic carbocycles. The zero-order valence-electron chi connectivity index (χ0n) is 16.5. The molecule has 1 unspecified atom stereocenters. The molecule has 0 bridgehead atoms. The Balaban J connectivity index is 1.96. The lowest BCUT2D eigenvalue weighted by molar-refractivity contribution is 0.203. The van der Waals surface area contributed by atoms with E-state index < -0.39 is 8.32 Å². The van der Waals surface area contributed by atoms with E-state index in [1.165, 1.54) is 0 Å². The molecule has 1 heterocycles. The Labute approximate surface area is 161 Å². The Morgan fingerprint density at radius 2 is 1.73 bits per heavy atom. The summed E-state index contributed by atoms with van der Waals surface area (Å²) in [5, 5.41) is 1.18. The Bertz CT molecular complexity index is 913. The molecule has 0 amide bonds. The summed E-state index contributed by atoms with van der Waals surface area (Å²) in [6, 6.07) is 14.4. The fourth-order valence-electron chi connectivity index (χ4n) is 2.74. The minimum Gasteiger partial charge on any atom is -0.408 e. The molecule has 26 heavy (non-hydrogen) atoms. The maximum Gasteiger partial charge on any atom is 0.193 e. The molecule has 1 atom stereocenters. The molecule has 3 rings (SSSR count). The second-order valence-electron chi connectivity index (χ2n) is 8.31. The van der Waals surface area contributed by atoms with Gasteiger partial charge in [-0.15, -0.1) is 11.3 Å². The smallest absolute Gasteiger partial charge is 0.193 e. The molecule has 1 aromatic heterocycles. The average molecular weight is 385 g/mol. The van der Waals surface area contributed by atoms with Gasteiger partial charge in [0.05, 0.1) is 16.5 Å². The summed E-state index contributed by atoms with van der Waals surface area (Å²) in [5.41, 5.74) is 10.3. The molecular weight excluding hydrogens is 356 g/mol. The normalized spacial score (nSPS) is 13.9. The summed E-state index contributed by atoms with van der Waals surface area (Å²) >= 11 is 1.68. The standard InChI is InChI=1S/C21H28N2OSSi/c1-14(24-26(5,6)21(2,3)4)20-23-19-17(25-20)13-12-16(18(19)22)15-10-8-7-9-11-15/h7-14H,22H2,1-6H3. The number of aromatic nitrogens is 1. The van der Waals surface area contributed by atoms with Crippen LogP contribution in [-0.4, -0.2) is 13.3 Å². The van der Waals surface area contributed by atoms with Gasteiger partial charge in [0.2, 0.25) is 0 Å². The summed E-state index contributed by atoms with van der Waals surface area (Å²) in [6.45, 7) is 13.4. The van der Waals surface area contributed by atoms with E-state index in [-0.39, 0.29) is 11.1 Å². The van der Waals surface area contributed by atoms with Crippen LogP contribution in [0, 0.1) is 0 Å². The number of anilines is 1. The summed E-state index contributed by atoms with van der Waals surface area (Å²) in [7, 11) is -1.84. The van der Waals surface area contributed by atoms with Gasteiger partial charge in [0, 0.05) is 5.56 Å². The molecule has 0 fully saturated rings. The van der Waals surface area contributed by atoms with Crippen molar-refractivity contribution in [3.8, 4) is 11.1 Å². The zero-order chi connectivity index (χ0) is 19.1.